The van der Waals surface area contributed by atoms with Gasteiger partial charge in [-0.05, 0) is 5.56 Å². The van der Waals surface area contributed by atoms with Crippen LogP contribution in [0.3, 0.4) is 0 Å². The highest BCUT2D eigenvalue weighted by Crippen LogP contribution is 2.10. The number of nitrogens with zero attached hydrogens (tertiary/aromatic N) is 2. The number of esters is 1. The summed E-state index contributed by atoms with van der Waals surface area (Å²) in [4.78, 5) is 24.1. The maximum Gasteiger partial charge on any atom is 0.328 e. The molecule has 7 heteroatoms. The summed E-state index contributed by atoms with van der Waals surface area (Å²) in [6, 6.07) is 10.0. The molecule has 22 heavy (non-hydrogen) atoms. The number of aryl methyl sites for hydroxylation is 1. The molecule has 0 aliphatic carbocycles. The summed E-state index contributed by atoms with van der Waals surface area (Å²) in [5.74, 6) is -0.946. The number of hydrogen-bond acceptors (Lipinski definition) is 4. The third-order valence-corrected chi connectivity index (χ3v) is 3.34. The molecule has 2 aromatic rings. The lowest BCUT2D eigenvalue weighted by Crippen LogP contribution is -2.43. The summed E-state index contributed by atoms with van der Waals surface area (Å²) in [6.45, 7) is 0. The first kappa shape index (κ1) is 16.0. The van der Waals surface area contributed by atoms with Crippen LogP contribution in [0.4, 0.5) is 0 Å². The van der Waals surface area contributed by atoms with Crippen molar-refractivity contribution >= 4 is 23.5 Å². The Morgan fingerprint density at radius 2 is 2.05 bits per heavy atom. The van der Waals surface area contributed by atoms with Crippen LogP contribution in [0.25, 0.3) is 0 Å². The van der Waals surface area contributed by atoms with Gasteiger partial charge in [0.05, 0.1) is 7.11 Å². The second-order valence-electron chi connectivity index (χ2n) is 4.71. The first-order chi connectivity index (χ1) is 10.5. The molecule has 1 amide bonds. The van der Waals surface area contributed by atoms with Gasteiger partial charge < -0.3 is 10.1 Å². The number of ether oxygens (including phenoxy) is 1. The van der Waals surface area contributed by atoms with Crippen molar-refractivity contribution in [3.63, 3.8) is 0 Å². The maximum absolute atomic E-state index is 12.3. The van der Waals surface area contributed by atoms with Gasteiger partial charge in [0.2, 0.25) is 0 Å². The molecule has 1 aromatic carbocycles. The van der Waals surface area contributed by atoms with Gasteiger partial charge in [0.1, 0.15) is 11.7 Å². The number of carbonyl (C=O) groups is 2. The van der Waals surface area contributed by atoms with Crippen LogP contribution in [0.2, 0.25) is 5.15 Å². The van der Waals surface area contributed by atoms with Crippen LogP contribution in [0.5, 0.6) is 0 Å². The standard InChI is InChI=1S/C15H16ClN3O3/c1-19-12(9-13(16)18-19)14(20)17-11(15(21)22-2)8-10-6-4-3-5-7-10/h3-7,9,11H,8H2,1-2H3,(H,17,20)/t11-/m0/s1. The van der Waals surface area contributed by atoms with E-state index in [4.69, 9.17) is 16.3 Å². The van der Waals surface area contributed by atoms with Crippen molar-refractivity contribution in [1.82, 2.24) is 15.1 Å². The second kappa shape index (κ2) is 7.09. The van der Waals surface area contributed by atoms with E-state index in [2.05, 4.69) is 10.4 Å². The normalized spacial score (nSPS) is 11.8. The number of methoxy groups -OCH3 is 1. The number of halogens is 1. The molecule has 0 fully saturated rings. The summed E-state index contributed by atoms with van der Waals surface area (Å²) in [5, 5.41) is 6.76. The van der Waals surface area contributed by atoms with Crippen LogP contribution in [-0.4, -0.2) is 34.8 Å². The predicted molar refractivity (Wildman–Crippen MR) is 81.6 cm³/mol. The Balaban J connectivity index is 2.14. The van der Waals surface area contributed by atoms with E-state index in [-0.39, 0.29) is 10.8 Å². The Morgan fingerprint density at radius 1 is 1.36 bits per heavy atom. The molecule has 0 radical (unpaired) electrons. The number of aromatic nitrogens is 2. The van der Waals surface area contributed by atoms with E-state index < -0.39 is 17.9 Å². The topological polar surface area (TPSA) is 73.2 Å². The predicted octanol–water partition coefficient (Wildman–Crippen LogP) is 1.59. The zero-order valence-corrected chi connectivity index (χ0v) is 13.0. The van der Waals surface area contributed by atoms with Gasteiger partial charge in [-0.15, -0.1) is 0 Å². The molecule has 0 bridgehead atoms. The van der Waals surface area contributed by atoms with E-state index in [0.29, 0.717) is 6.42 Å². The lowest BCUT2D eigenvalue weighted by atomic mass is 10.1. The zero-order chi connectivity index (χ0) is 16.1. The SMILES string of the molecule is COC(=O)[C@H](Cc1ccccc1)NC(=O)c1cc(Cl)nn1C. The van der Waals surface area contributed by atoms with E-state index >= 15 is 0 Å². The zero-order valence-electron chi connectivity index (χ0n) is 12.2. The fourth-order valence-corrected chi connectivity index (χ4v) is 2.28. The van der Waals surface area contributed by atoms with Crippen molar-refractivity contribution in [3.8, 4) is 0 Å². The minimum absolute atomic E-state index is 0.213. The van der Waals surface area contributed by atoms with E-state index in [0.717, 1.165) is 5.56 Å². The fraction of sp³-hybridized carbons (Fsp3) is 0.267. The highest BCUT2D eigenvalue weighted by atomic mass is 35.5. The summed E-state index contributed by atoms with van der Waals surface area (Å²) in [5.41, 5.74) is 1.19. The molecular weight excluding hydrogens is 306 g/mol. The average Bonchev–Trinajstić information content (AvgIpc) is 2.85. The van der Waals surface area contributed by atoms with E-state index in [1.165, 1.54) is 17.9 Å². The molecule has 1 aromatic heterocycles. The smallest absolute Gasteiger partial charge is 0.328 e. The van der Waals surface area contributed by atoms with Gasteiger partial charge in [-0.1, -0.05) is 41.9 Å². The third-order valence-electron chi connectivity index (χ3n) is 3.16. The first-order valence-electron chi connectivity index (χ1n) is 6.63. The van der Waals surface area contributed by atoms with Crippen LogP contribution < -0.4 is 5.32 Å². The van der Waals surface area contributed by atoms with Crippen LogP contribution in [0, 0.1) is 0 Å². The Bertz CT molecular complexity index is 670. The van der Waals surface area contributed by atoms with Crippen molar-refractivity contribution in [2.75, 3.05) is 7.11 Å². The van der Waals surface area contributed by atoms with Crippen molar-refractivity contribution < 1.29 is 14.3 Å². The Hall–Kier alpha value is -2.34. The third kappa shape index (κ3) is 3.85. The van der Waals surface area contributed by atoms with Gasteiger partial charge in [0, 0.05) is 19.5 Å². The molecule has 1 N–H and O–H groups in total. The fourth-order valence-electron chi connectivity index (χ4n) is 2.06. The van der Waals surface area contributed by atoms with Gasteiger partial charge in [-0.25, -0.2) is 4.79 Å². The van der Waals surface area contributed by atoms with Crippen LogP contribution in [0.1, 0.15) is 16.1 Å². The number of benzene rings is 1. The molecule has 2 rings (SSSR count). The van der Waals surface area contributed by atoms with Gasteiger partial charge in [0.25, 0.3) is 5.91 Å². The lowest BCUT2D eigenvalue weighted by molar-refractivity contribution is -0.142. The summed E-state index contributed by atoms with van der Waals surface area (Å²) >= 11 is 5.76. The van der Waals surface area contributed by atoms with Gasteiger partial charge in [-0.3, -0.25) is 9.48 Å². The van der Waals surface area contributed by atoms with E-state index in [9.17, 15) is 9.59 Å². The molecule has 0 spiro atoms. The minimum Gasteiger partial charge on any atom is -0.467 e. The minimum atomic E-state index is -0.784. The second-order valence-corrected chi connectivity index (χ2v) is 5.10. The molecule has 0 saturated heterocycles. The Kier molecular flexibility index (Phi) is 5.16. The average molecular weight is 322 g/mol. The van der Waals surface area contributed by atoms with Gasteiger partial charge in [0.15, 0.2) is 5.15 Å². The number of rotatable bonds is 5. The molecule has 0 aliphatic heterocycles. The number of hydrogen-bond donors (Lipinski definition) is 1. The lowest BCUT2D eigenvalue weighted by Gasteiger charge is -2.16. The highest BCUT2D eigenvalue weighted by molar-refractivity contribution is 6.29. The molecular formula is C15H16ClN3O3. The molecule has 1 heterocycles. The van der Waals surface area contributed by atoms with Gasteiger partial charge >= 0.3 is 5.97 Å². The van der Waals surface area contributed by atoms with Gasteiger partial charge in [-0.2, -0.15) is 5.10 Å². The maximum atomic E-state index is 12.3. The summed E-state index contributed by atoms with van der Waals surface area (Å²) in [7, 11) is 2.89. The number of carbonyl (C=O) groups excluding carboxylic acids is 2. The van der Waals surface area contributed by atoms with Crippen molar-refractivity contribution in [2.24, 2.45) is 7.05 Å². The number of nitrogens with one attached hydrogen (secondary N) is 1. The molecule has 0 saturated carbocycles. The van der Waals surface area contributed by atoms with Crippen LogP contribution in [-0.2, 0) is 23.0 Å². The van der Waals surface area contributed by atoms with Crippen molar-refractivity contribution in [1.29, 1.82) is 0 Å². The quantitative estimate of drug-likeness (QED) is 0.849. The Morgan fingerprint density at radius 3 is 2.59 bits per heavy atom. The van der Waals surface area contributed by atoms with Crippen molar-refractivity contribution in [3.05, 3.63) is 52.8 Å². The number of amides is 1. The largest absolute Gasteiger partial charge is 0.467 e. The Labute approximate surface area is 133 Å². The van der Waals surface area contributed by atoms with Crippen molar-refractivity contribution in [2.45, 2.75) is 12.5 Å². The molecule has 116 valence electrons. The summed E-state index contributed by atoms with van der Waals surface area (Å²) < 4.78 is 6.11. The van der Waals surface area contributed by atoms with Crippen LogP contribution in [0.15, 0.2) is 36.4 Å². The summed E-state index contributed by atoms with van der Waals surface area (Å²) in [6.07, 6.45) is 0.338. The highest BCUT2D eigenvalue weighted by Gasteiger charge is 2.24. The molecule has 1 atom stereocenters. The monoisotopic (exact) mass is 321 g/mol. The molecule has 6 nitrogen and oxygen atoms in total. The molecule has 0 aliphatic rings. The van der Waals surface area contributed by atoms with E-state index in [1.54, 1.807) is 7.05 Å². The van der Waals surface area contributed by atoms with Crippen LogP contribution >= 0.6 is 11.6 Å². The molecule has 0 unspecified atom stereocenters. The van der Waals surface area contributed by atoms with E-state index in [1.807, 2.05) is 30.3 Å². The first-order valence-corrected chi connectivity index (χ1v) is 7.01.